The van der Waals surface area contributed by atoms with Crippen molar-refractivity contribution in [2.75, 3.05) is 26.2 Å². The third kappa shape index (κ3) is 7.04. The lowest BCUT2D eigenvalue weighted by Gasteiger charge is -2.32. The highest BCUT2D eigenvalue weighted by Crippen LogP contribution is 2.23. The van der Waals surface area contributed by atoms with Crippen LogP contribution in [0.15, 0.2) is 24.3 Å². The van der Waals surface area contributed by atoms with Crippen molar-refractivity contribution < 1.29 is 14.3 Å². The molecular weight excluding hydrogens is 316 g/mol. The SMILES string of the molecule is CC(C)(C)OC(=O)C1CCN(Cc2cccc(OCCCN)c2)CC1. The second kappa shape index (κ2) is 9.20. The molecule has 0 unspecified atom stereocenters. The Balaban J connectivity index is 1.80. The van der Waals surface area contributed by atoms with E-state index in [1.807, 2.05) is 32.9 Å². The van der Waals surface area contributed by atoms with E-state index in [0.29, 0.717) is 13.2 Å². The number of carbonyl (C=O) groups excluding carboxylic acids is 1. The maximum atomic E-state index is 12.2. The first-order chi connectivity index (χ1) is 11.9. The molecular formula is C20H32N2O3. The molecule has 0 spiro atoms. The van der Waals surface area contributed by atoms with Crippen LogP contribution in [-0.4, -0.2) is 42.7 Å². The molecule has 0 aliphatic carbocycles. The van der Waals surface area contributed by atoms with Crippen molar-refractivity contribution in [2.24, 2.45) is 11.7 Å². The standard InChI is InChI=1S/C20H32N2O3/c1-20(2,3)25-19(23)17-8-11-22(12-9-17)15-16-6-4-7-18(14-16)24-13-5-10-21/h4,6-7,14,17H,5,8-13,15,21H2,1-3H3. The summed E-state index contributed by atoms with van der Waals surface area (Å²) in [6.07, 6.45) is 2.59. The summed E-state index contributed by atoms with van der Waals surface area (Å²) in [5.41, 5.74) is 6.33. The number of hydrogen-bond donors (Lipinski definition) is 1. The Morgan fingerprint density at radius 1 is 1.28 bits per heavy atom. The molecule has 2 rings (SSSR count). The summed E-state index contributed by atoms with van der Waals surface area (Å²) in [5, 5.41) is 0. The van der Waals surface area contributed by atoms with E-state index in [1.165, 1.54) is 5.56 Å². The van der Waals surface area contributed by atoms with Crippen molar-refractivity contribution in [2.45, 2.75) is 52.2 Å². The molecule has 0 saturated carbocycles. The number of hydrogen-bond acceptors (Lipinski definition) is 5. The third-order valence-corrected chi connectivity index (χ3v) is 4.25. The minimum Gasteiger partial charge on any atom is -0.494 e. The van der Waals surface area contributed by atoms with Crippen molar-refractivity contribution >= 4 is 5.97 Å². The second-order valence-electron chi connectivity index (χ2n) is 7.72. The van der Waals surface area contributed by atoms with Gasteiger partial charge >= 0.3 is 5.97 Å². The van der Waals surface area contributed by atoms with Gasteiger partial charge in [0.05, 0.1) is 12.5 Å². The van der Waals surface area contributed by atoms with Gasteiger partial charge in [0.25, 0.3) is 0 Å². The second-order valence-corrected chi connectivity index (χ2v) is 7.72. The molecule has 5 nitrogen and oxygen atoms in total. The number of nitrogens with two attached hydrogens (primary N) is 1. The third-order valence-electron chi connectivity index (χ3n) is 4.25. The Kier molecular flexibility index (Phi) is 7.26. The van der Waals surface area contributed by atoms with E-state index < -0.39 is 5.60 Å². The zero-order chi connectivity index (χ0) is 18.3. The summed E-state index contributed by atoms with van der Waals surface area (Å²) in [6, 6.07) is 8.22. The van der Waals surface area contributed by atoms with E-state index in [4.69, 9.17) is 15.2 Å². The van der Waals surface area contributed by atoms with Crippen LogP contribution in [0.1, 0.15) is 45.6 Å². The van der Waals surface area contributed by atoms with Crippen LogP contribution < -0.4 is 10.5 Å². The van der Waals surface area contributed by atoms with Gasteiger partial charge in [0.15, 0.2) is 0 Å². The molecule has 25 heavy (non-hydrogen) atoms. The zero-order valence-electron chi connectivity index (χ0n) is 15.8. The van der Waals surface area contributed by atoms with Crippen LogP contribution in [0.3, 0.4) is 0 Å². The minimum absolute atomic E-state index is 0.0291. The van der Waals surface area contributed by atoms with Gasteiger partial charge in [0.2, 0.25) is 0 Å². The fourth-order valence-corrected chi connectivity index (χ4v) is 2.98. The summed E-state index contributed by atoms with van der Waals surface area (Å²) in [5.74, 6) is 0.874. The predicted molar refractivity (Wildman–Crippen MR) is 99.5 cm³/mol. The smallest absolute Gasteiger partial charge is 0.309 e. The van der Waals surface area contributed by atoms with Crippen molar-refractivity contribution in [3.05, 3.63) is 29.8 Å². The van der Waals surface area contributed by atoms with Gasteiger partial charge in [0.1, 0.15) is 11.4 Å². The minimum atomic E-state index is -0.404. The van der Waals surface area contributed by atoms with Crippen molar-refractivity contribution in [1.29, 1.82) is 0 Å². The molecule has 1 aliphatic heterocycles. The first-order valence-electron chi connectivity index (χ1n) is 9.24. The average Bonchev–Trinajstić information content (AvgIpc) is 2.54. The lowest BCUT2D eigenvalue weighted by Crippen LogP contribution is -2.38. The van der Waals surface area contributed by atoms with Gasteiger partial charge < -0.3 is 15.2 Å². The normalized spacial score (nSPS) is 16.6. The Bertz CT molecular complexity index is 546. The molecule has 1 aromatic carbocycles. The number of nitrogens with zero attached hydrogens (tertiary/aromatic N) is 1. The van der Waals surface area contributed by atoms with Crippen molar-refractivity contribution in [1.82, 2.24) is 4.90 Å². The lowest BCUT2D eigenvalue weighted by atomic mass is 9.96. The van der Waals surface area contributed by atoms with Crippen LogP contribution in [0, 0.1) is 5.92 Å². The first kappa shape index (κ1) is 19.7. The van der Waals surface area contributed by atoms with Crippen LogP contribution in [-0.2, 0) is 16.1 Å². The number of esters is 1. The molecule has 0 bridgehead atoms. The fraction of sp³-hybridized carbons (Fsp3) is 0.650. The van der Waals surface area contributed by atoms with Gasteiger partial charge in [0, 0.05) is 6.54 Å². The molecule has 1 fully saturated rings. The number of benzene rings is 1. The Morgan fingerprint density at radius 3 is 2.64 bits per heavy atom. The summed E-state index contributed by atoms with van der Waals surface area (Å²) < 4.78 is 11.2. The Morgan fingerprint density at radius 2 is 2.00 bits per heavy atom. The number of rotatable bonds is 7. The highest BCUT2D eigenvalue weighted by atomic mass is 16.6. The van der Waals surface area contributed by atoms with Gasteiger partial charge in [-0.05, 0) is 77.4 Å². The van der Waals surface area contributed by atoms with Crippen molar-refractivity contribution in [3.63, 3.8) is 0 Å². The molecule has 1 heterocycles. The van der Waals surface area contributed by atoms with Gasteiger partial charge in [-0.25, -0.2) is 0 Å². The van der Waals surface area contributed by atoms with Crippen LogP contribution >= 0.6 is 0 Å². The molecule has 140 valence electrons. The predicted octanol–water partition coefficient (Wildman–Crippen LogP) is 2.97. The summed E-state index contributed by atoms with van der Waals surface area (Å²) in [6.45, 7) is 9.78. The maximum Gasteiger partial charge on any atom is 0.309 e. The van der Waals surface area contributed by atoms with E-state index in [0.717, 1.165) is 44.6 Å². The largest absolute Gasteiger partial charge is 0.494 e. The average molecular weight is 348 g/mol. The van der Waals surface area contributed by atoms with Crippen LogP contribution in [0.5, 0.6) is 5.75 Å². The summed E-state index contributed by atoms with van der Waals surface area (Å²) in [7, 11) is 0. The van der Waals surface area contributed by atoms with E-state index in [9.17, 15) is 4.79 Å². The zero-order valence-corrected chi connectivity index (χ0v) is 15.8. The molecule has 0 atom stereocenters. The maximum absolute atomic E-state index is 12.2. The topological polar surface area (TPSA) is 64.8 Å². The number of ether oxygens (including phenoxy) is 2. The molecule has 1 saturated heterocycles. The fourth-order valence-electron chi connectivity index (χ4n) is 2.98. The van der Waals surface area contributed by atoms with E-state index in [2.05, 4.69) is 17.0 Å². The quantitative estimate of drug-likeness (QED) is 0.606. The number of likely N-dealkylation sites (tertiary alicyclic amines) is 1. The van der Waals surface area contributed by atoms with Gasteiger partial charge in [-0.15, -0.1) is 0 Å². The van der Waals surface area contributed by atoms with E-state index in [-0.39, 0.29) is 11.9 Å². The van der Waals surface area contributed by atoms with E-state index >= 15 is 0 Å². The Hall–Kier alpha value is -1.59. The van der Waals surface area contributed by atoms with Gasteiger partial charge in [-0.1, -0.05) is 12.1 Å². The highest BCUT2D eigenvalue weighted by molar-refractivity contribution is 5.73. The monoisotopic (exact) mass is 348 g/mol. The molecule has 0 amide bonds. The number of carbonyl (C=O) groups is 1. The van der Waals surface area contributed by atoms with Gasteiger partial charge in [-0.2, -0.15) is 0 Å². The van der Waals surface area contributed by atoms with Crippen LogP contribution in [0.2, 0.25) is 0 Å². The van der Waals surface area contributed by atoms with Gasteiger partial charge in [-0.3, -0.25) is 9.69 Å². The molecule has 0 aromatic heterocycles. The summed E-state index contributed by atoms with van der Waals surface area (Å²) >= 11 is 0. The molecule has 1 aliphatic rings. The van der Waals surface area contributed by atoms with Crippen molar-refractivity contribution in [3.8, 4) is 5.75 Å². The molecule has 2 N–H and O–H groups in total. The Labute approximate surface area is 151 Å². The molecule has 1 aromatic rings. The highest BCUT2D eigenvalue weighted by Gasteiger charge is 2.28. The lowest BCUT2D eigenvalue weighted by molar-refractivity contribution is -0.161. The van der Waals surface area contributed by atoms with E-state index in [1.54, 1.807) is 0 Å². The number of piperidine rings is 1. The summed E-state index contributed by atoms with van der Waals surface area (Å²) in [4.78, 5) is 14.6. The molecule has 0 radical (unpaired) electrons. The van der Waals surface area contributed by atoms with Crippen LogP contribution in [0.4, 0.5) is 0 Å². The van der Waals surface area contributed by atoms with Crippen LogP contribution in [0.25, 0.3) is 0 Å². The first-order valence-corrected chi connectivity index (χ1v) is 9.24. The molecule has 5 heteroatoms.